The maximum atomic E-state index is 12.8. The minimum Gasteiger partial charge on any atom is -0.465 e. The van der Waals surface area contributed by atoms with Crippen LogP contribution >= 0.6 is 0 Å². The Morgan fingerprint density at radius 3 is 2.29 bits per heavy atom. The molecule has 0 amide bonds. The van der Waals surface area contributed by atoms with Crippen LogP contribution in [0.3, 0.4) is 0 Å². The number of allylic oxidation sites excluding steroid dienone is 2. The number of hydrogen-bond acceptors (Lipinski definition) is 3. The van der Waals surface area contributed by atoms with E-state index in [1.54, 1.807) is 6.92 Å². The summed E-state index contributed by atoms with van der Waals surface area (Å²) in [5.74, 6) is 1.69. The quantitative estimate of drug-likeness (QED) is 0.591. The van der Waals surface area contributed by atoms with E-state index in [0.29, 0.717) is 13.0 Å². The molecule has 21 heavy (non-hydrogen) atoms. The zero-order valence-electron chi connectivity index (χ0n) is 12.8. The molecule has 0 aromatic rings. The number of ketones is 1. The summed E-state index contributed by atoms with van der Waals surface area (Å²) in [6, 6.07) is 0. The third kappa shape index (κ3) is 2.00. The van der Waals surface area contributed by atoms with Gasteiger partial charge in [0.05, 0.1) is 6.61 Å². The molecule has 0 aliphatic heterocycles. The standard InChI is InChI=1S/C18H24O3/c1-2-21-17(20)14-3-4-15(16(14)19)18-8-11-5-12(9-18)7-13(6-11)10-18/h4,11-14H,2-3,5-10H2,1H3. The lowest BCUT2D eigenvalue weighted by Crippen LogP contribution is -2.48. The fourth-order valence-corrected chi connectivity index (χ4v) is 6.00. The highest BCUT2D eigenvalue weighted by Gasteiger charge is 2.55. The van der Waals surface area contributed by atoms with Crippen LogP contribution in [0.5, 0.6) is 0 Å². The van der Waals surface area contributed by atoms with Gasteiger partial charge in [0.25, 0.3) is 0 Å². The fraction of sp³-hybridized carbons (Fsp3) is 0.778. The van der Waals surface area contributed by atoms with Crippen molar-refractivity contribution in [2.75, 3.05) is 6.61 Å². The van der Waals surface area contributed by atoms with Gasteiger partial charge in [0, 0.05) is 0 Å². The first kappa shape index (κ1) is 13.5. The van der Waals surface area contributed by atoms with E-state index in [4.69, 9.17) is 4.74 Å². The zero-order chi connectivity index (χ0) is 14.6. The molecular formula is C18H24O3. The molecule has 0 heterocycles. The van der Waals surface area contributed by atoms with Crippen molar-refractivity contribution in [2.45, 2.75) is 51.9 Å². The lowest BCUT2D eigenvalue weighted by atomic mass is 9.47. The first-order chi connectivity index (χ1) is 10.1. The number of rotatable bonds is 3. The van der Waals surface area contributed by atoms with Crippen LogP contribution in [0.4, 0.5) is 0 Å². The average Bonchev–Trinajstić information content (AvgIpc) is 2.80. The molecule has 5 aliphatic rings. The van der Waals surface area contributed by atoms with Crippen LogP contribution in [0.2, 0.25) is 0 Å². The topological polar surface area (TPSA) is 43.4 Å². The number of Topliss-reactive ketones (excluding diaryl/α,β-unsaturated/α-hetero) is 1. The number of carbonyl (C=O) groups is 2. The van der Waals surface area contributed by atoms with Gasteiger partial charge in [-0.05, 0) is 80.6 Å². The monoisotopic (exact) mass is 288 g/mol. The van der Waals surface area contributed by atoms with E-state index in [1.165, 1.54) is 38.5 Å². The summed E-state index contributed by atoms with van der Waals surface area (Å²) < 4.78 is 5.07. The predicted octanol–water partition coefficient (Wildman–Crippen LogP) is 3.28. The van der Waals surface area contributed by atoms with Gasteiger partial charge in [0.2, 0.25) is 0 Å². The van der Waals surface area contributed by atoms with Gasteiger partial charge in [-0.1, -0.05) is 6.08 Å². The molecular weight excluding hydrogens is 264 g/mol. The first-order valence-electron chi connectivity index (χ1n) is 8.53. The lowest BCUT2D eigenvalue weighted by molar-refractivity contribution is -0.150. The molecule has 0 aromatic carbocycles. The molecule has 0 saturated heterocycles. The average molecular weight is 288 g/mol. The Morgan fingerprint density at radius 2 is 1.76 bits per heavy atom. The van der Waals surface area contributed by atoms with E-state index >= 15 is 0 Å². The van der Waals surface area contributed by atoms with Gasteiger partial charge in [-0.3, -0.25) is 9.59 Å². The van der Waals surface area contributed by atoms with Crippen LogP contribution in [0.25, 0.3) is 0 Å². The zero-order valence-corrected chi connectivity index (χ0v) is 12.8. The molecule has 4 bridgehead atoms. The molecule has 0 aromatic heterocycles. The van der Waals surface area contributed by atoms with Crippen molar-refractivity contribution in [2.24, 2.45) is 29.1 Å². The Kier molecular flexibility index (Phi) is 3.02. The third-order valence-corrected chi connectivity index (χ3v) is 6.32. The van der Waals surface area contributed by atoms with Gasteiger partial charge in [-0.25, -0.2) is 0 Å². The minimum atomic E-state index is -0.548. The molecule has 3 heteroatoms. The van der Waals surface area contributed by atoms with Gasteiger partial charge >= 0.3 is 5.97 Å². The Morgan fingerprint density at radius 1 is 1.19 bits per heavy atom. The minimum absolute atomic E-state index is 0.0791. The van der Waals surface area contributed by atoms with Crippen LogP contribution in [-0.2, 0) is 14.3 Å². The summed E-state index contributed by atoms with van der Waals surface area (Å²) in [6.45, 7) is 2.15. The summed E-state index contributed by atoms with van der Waals surface area (Å²) in [7, 11) is 0. The summed E-state index contributed by atoms with van der Waals surface area (Å²) in [6.07, 6.45) is 10.3. The van der Waals surface area contributed by atoms with Gasteiger partial charge in [0.15, 0.2) is 5.78 Å². The molecule has 1 unspecified atom stereocenters. The van der Waals surface area contributed by atoms with Gasteiger partial charge in [-0.15, -0.1) is 0 Å². The predicted molar refractivity (Wildman–Crippen MR) is 78.4 cm³/mol. The Hall–Kier alpha value is -1.12. The summed E-state index contributed by atoms with van der Waals surface area (Å²) in [5.41, 5.74) is 1.12. The molecule has 4 fully saturated rings. The van der Waals surface area contributed by atoms with Crippen LogP contribution in [0.1, 0.15) is 51.9 Å². The van der Waals surface area contributed by atoms with Crippen LogP contribution in [0.15, 0.2) is 11.6 Å². The second kappa shape index (κ2) is 4.69. The normalized spacial score (nSPS) is 44.0. The Bertz CT molecular complexity index is 481. The fourth-order valence-electron chi connectivity index (χ4n) is 6.00. The smallest absolute Gasteiger partial charge is 0.317 e. The van der Waals surface area contributed by atoms with E-state index in [-0.39, 0.29) is 17.2 Å². The van der Waals surface area contributed by atoms with Gasteiger partial charge in [-0.2, -0.15) is 0 Å². The van der Waals surface area contributed by atoms with Crippen molar-refractivity contribution in [1.82, 2.24) is 0 Å². The van der Waals surface area contributed by atoms with E-state index in [2.05, 4.69) is 6.08 Å². The number of hydrogen-bond donors (Lipinski definition) is 0. The van der Waals surface area contributed by atoms with Crippen LogP contribution < -0.4 is 0 Å². The second-order valence-electron chi connectivity index (χ2n) is 7.72. The van der Waals surface area contributed by atoms with E-state index < -0.39 is 5.92 Å². The molecule has 0 N–H and O–H groups in total. The second-order valence-corrected chi connectivity index (χ2v) is 7.72. The Balaban J connectivity index is 1.57. The number of ether oxygens (including phenoxy) is 1. The molecule has 5 rings (SSSR count). The highest BCUT2D eigenvalue weighted by Crippen LogP contribution is 2.63. The lowest BCUT2D eigenvalue weighted by Gasteiger charge is -2.57. The van der Waals surface area contributed by atoms with Gasteiger partial charge < -0.3 is 4.74 Å². The summed E-state index contributed by atoms with van der Waals surface area (Å²) in [4.78, 5) is 24.7. The number of esters is 1. The molecule has 0 spiro atoms. The van der Waals surface area contributed by atoms with E-state index in [0.717, 1.165) is 23.3 Å². The third-order valence-electron chi connectivity index (χ3n) is 6.32. The molecule has 4 saturated carbocycles. The largest absolute Gasteiger partial charge is 0.465 e. The first-order valence-corrected chi connectivity index (χ1v) is 8.53. The highest BCUT2D eigenvalue weighted by atomic mass is 16.5. The van der Waals surface area contributed by atoms with E-state index in [1.807, 2.05) is 0 Å². The van der Waals surface area contributed by atoms with Crippen LogP contribution in [-0.4, -0.2) is 18.4 Å². The van der Waals surface area contributed by atoms with Crippen molar-refractivity contribution < 1.29 is 14.3 Å². The highest BCUT2D eigenvalue weighted by molar-refractivity contribution is 6.11. The molecule has 5 aliphatic carbocycles. The number of carbonyl (C=O) groups excluding carboxylic acids is 2. The summed E-state index contributed by atoms with van der Waals surface area (Å²) in [5, 5.41) is 0. The van der Waals surface area contributed by atoms with Crippen molar-refractivity contribution >= 4 is 11.8 Å². The molecule has 3 nitrogen and oxygen atoms in total. The van der Waals surface area contributed by atoms with Crippen LogP contribution in [0, 0.1) is 29.1 Å². The maximum Gasteiger partial charge on any atom is 0.317 e. The van der Waals surface area contributed by atoms with Crippen molar-refractivity contribution in [3.05, 3.63) is 11.6 Å². The van der Waals surface area contributed by atoms with Gasteiger partial charge in [0.1, 0.15) is 5.92 Å². The van der Waals surface area contributed by atoms with E-state index in [9.17, 15) is 9.59 Å². The van der Waals surface area contributed by atoms with Crippen molar-refractivity contribution in [3.63, 3.8) is 0 Å². The molecule has 1 atom stereocenters. The molecule has 114 valence electrons. The molecule has 0 radical (unpaired) electrons. The maximum absolute atomic E-state index is 12.8. The Labute approximate surface area is 126 Å². The SMILES string of the molecule is CCOC(=O)C1CC=C(C23CC4CC(CC(C4)C2)C3)C1=O. The summed E-state index contributed by atoms with van der Waals surface area (Å²) >= 11 is 0. The van der Waals surface area contributed by atoms with Crippen molar-refractivity contribution in [1.29, 1.82) is 0 Å². The van der Waals surface area contributed by atoms with Crippen molar-refractivity contribution in [3.8, 4) is 0 Å².